The van der Waals surface area contributed by atoms with Crippen molar-refractivity contribution in [3.05, 3.63) is 24.3 Å². The van der Waals surface area contributed by atoms with Gasteiger partial charge in [0.05, 0.1) is 5.71 Å². The van der Waals surface area contributed by atoms with Gasteiger partial charge in [-0.3, -0.25) is 4.79 Å². The molecule has 0 saturated carbocycles. The molecule has 0 fully saturated rings. The molecule has 0 aliphatic heterocycles. The van der Waals surface area contributed by atoms with Crippen molar-refractivity contribution in [2.24, 2.45) is 4.99 Å². The molecule has 0 aromatic heterocycles. The topological polar surface area (TPSA) is 29.4 Å². The van der Waals surface area contributed by atoms with Crippen LogP contribution in [0.5, 0.6) is 0 Å². The van der Waals surface area contributed by atoms with E-state index in [4.69, 9.17) is 0 Å². The predicted octanol–water partition coefficient (Wildman–Crippen LogP) is 0.903. The molecular weight excluding hydrogens is 114 g/mol. The van der Waals surface area contributed by atoms with E-state index in [1.165, 1.54) is 0 Å². The Morgan fingerprint density at radius 3 is 3.22 bits per heavy atom. The molecule has 0 heterocycles. The molecule has 2 heteroatoms. The number of hydrogen-bond donors (Lipinski definition) is 0. The lowest BCUT2D eigenvalue weighted by Crippen LogP contribution is -1.94. The van der Waals surface area contributed by atoms with Crippen LogP contribution in [0, 0.1) is 6.08 Å². The minimum Gasteiger partial charge on any atom is -0.276 e. The SMILES string of the molecule is O=CN=C1[C]=CC=CC1. The Kier molecular flexibility index (Phi) is 1.96. The Balaban J connectivity index is 2.65. The quantitative estimate of drug-likeness (QED) is 0.473. The second-order valence-electron chi connectivity index (χ2n) is 1.62. The van der Waals surface area contributed by atoms with Crippen molar-refractivity contribution in [1.29, 1.82) is 0 Å². The van der Waals surface area contributed by atoms with Crippen molar-refractivity contribution in [1.82, 2.24) is 0 Å². The smallest absolute Gasteiger partial charge is 0.233 e. The van der Waals surface area contributed by atoms with Crippen LogP contribution in [-0.4, -0.2) is 12.1 Å². The lowest BCUT2D eigenvalue weighted by Gasteiger charge is -1.94. The van der Waals surface area contributed by atoms with E-state index in [-0.39, 0.29) is 0 Å². The molecule has 45 valence electrons. The van der Waals surface area contributed by atoms with Crippen LogP contribution in [0.25, 0.3) is 0 Å². The van der Waals surface area contributed by atoms with Gasteiger partial charge in [-0.05, 0) is 0 Å². The Hall–Kier alpha value is -1.18. The van der Waals surface area contributed by atoms with Crippen LogP contribution in [-0.2, 0) is 4.79 Å². The Morgan fingerprint density at radius 2 is 2.67 bits per heavy atom. The Bertz CT molecular complexity index is 189. The molecule has 2 nitrogen and oxygen atoms in total. The van der Waals surface area contributed by atoms with Gasteiger partial charge in [-0.25, -0.2) is 4.99 Å². The van der Waals surface area contributed by atoms with Gasteiger partial charge < -0.3 is 0 Å². The highest BCUT2D eigenvalue weighted by Gasteiger charge is 1.92. The highest BCUT2D eigenvalue weighted by molar-refractivity contribution is 5.97. The first kappa shape index (κ1) is 5.95. The van der Waals surface area contributed by atoms with Crippen LogP contribution in [0.1, 0.15) is 6.42 Å². The maximum atomic E-state index is 9.81. The van der Waals surface area contributed by atoms with E-state index < -0.39 is 0 Å². The van der Waals surface area contributed by atoms with Crippen LogP contribution in [0.2, 0.25) is 0 Å². The minimum atomic E-state index is 0.537. The molecule has 1 amide bonds. The summed E-state index contributed by atoms with van der Waals surface area (Å²) in [7, 11) is 0. The van der Waals surface area contributed by atoms with Gasteiger partial charge in [-0.2, -0.15) is 0 Å². The van der Waals surface area contributed by atoms with Crippen molar-refractivity contribution in [3.63, 3.8) is 0 Å². The van der Waals surface area contributed by atoms with Gasteiger partial charge in [0.15, 0.2) is 0 Å². The molecule has 0 unspecified atom stereocenters. The molecule has 1 aliphatic carbocycles. The van der Waals surface area contributed by atoms with E-state index in [9.17, 15) is 4.79 Å². The molecule has 1 radical (unpaired) electrons. The number of amides is 1. The van der Waals surface area contributed by atoms with Gasteiger partial charge in [-0.1, -0.05) is 18.2 Å². The molecular formula is C7H6NO. The van der Waals surface area contributed by atoms with E-state index in [0.717, 1.165) is 6.42 Å². The van der Waals surface area contributed by atoms with Crippen molar-refractivity contribution in [2.45, 2.75) is 6.42 Å². The Morgan fingerprint density at radius 1 is 1.78 bits per heavy atom. The van der Waals surface area contributed by atoms with Gasteiger partial charge in [0.2, 0.25) is 6.41 Å². The van der Waals surface area contributed by atoms with Gasteiger partial charge in [0.1, 0.15) is 0 Å². The zero-order chi connectivity index (χ0) is 6.53. The van der Waals surface area contributed by atoms with Crippen LogP contribution in [0.3, 0.4) is 0 Å². The third kappa shape index (κ3) is 1.64. The molecule has 0 N–H and O–H groups in total. The second kappa shape index (κ2) is 2.97. The van der Waals surface area contributed by atoms with Crippen molar-refractivity contribution in [2.75, 3.05) is 0 Å². The van der Waals surface area contributed by atoms with Crippen LogP contribution in [0.4, 0.5) is 0 Å². The first-order valence-corrected chi connectivity index (χ1v) is 2.68. The number of carbonyl (C=O) groups is 1. The summed E-state index contributed by atoms with van der Waals surface area (Å²) in [6, 6.07) is 0. The van der Waals surface area contributed by atoms with E-state index in [1.807, 2.05) is 12.2 Å². The number of rotatable bonds is 1. The largest absolute Gasteiger partial charge is 0.276 e. The van der Waals surface area contributed by atoms with E-state index in [2.05, 4.69) is 11.1 Å². The fourth-order valence-electron chi connectivity index (χ4n) is 0.605. The fraction of sp³-hybridized carbons (Fsp3) is 0.143. The summed E-state index contributed by atoms with van der Waals surface area (Å²) < 4.78 is 0. The molecule has 1 aliphatic rings. The zero-order valence-corrected chi connectivity index (χ0v) is 4.87. The summed E-state index contributed by atoms with van der Waals surface area (Å²) in [4.78, 5) is 13.3. The lowest BCUT2D eigenvalue weighted by molar-refractivity contribution is -0.106. The summed E-state index contributed by atoms with van der Waals surface area (Å²) in [5.41, 5.74) is 0.701. The third-order valence-corrected chi connectivity index (χ3v) is 1.00. The monoisotopic (exact) mass is 120 g/mol. The van der Waals surface area contributed by atoms with Gasteiger partial charge in [0, 0.05) is 12.5 Å². The van der Waals surface area contributed by atoms with Crippen LogP contribution in [0.15, 0.2) is 23.2 Å². The van der Waals surface area contributed by atoms with Gasteiger partial charge in [-0.15, -0.1) is 0 Å². The molecule has 0 atom stereocenters. The number of allylic oxidation sites excluding steroid dienone is 4. The maximum absolute atomic E-state index is 9.81. The number of nitrogens with zero attached hydrogens (tertiary/aromatic N) is 1. The highest BCUT2D eigenvalue weighted by Crippen LogP contribution is 1.96. The summed E-state index contributed by atoms with van der Waals surface area (Å²) in [5, 5.41) is 0. The fourth-order valence-corrected chi connectivity index (χ4v) is 0.605. The number of hydrogen-bond acceptors (Lipinski definition) is 1. The molecule has 0 bridgehead atoms. The van der Waals surface area contributed by atoms with E-state index in [1.54, 1.807) is 6.08 Å². The minimum absolute atomic E-state index is 0.537. The summed E-state index contributed by atoms with van der Waals surface area (Å²) >= 11 is 0. The number of aliphatic imine (C=N–C) groups is 1. The molecule has 0 aromatic carbocycles. The molecule has 0 aromatic rings. The first-order chi connectivity index (χ1) is 4.43. The predicted molar refractivity (Wildman–Crippen MR) is 35.1 cm³/mol. The van der Waals surface area contributed by atoms with Crippen molar-refractivity contribution in [3.8, 4) is 0 Å². The Labute approximate surface area is 53.6 Å². The van der Waals surface area contributed by atoms with Crippen molar-refractivity contribution >= 4 is 12.1 Å². The molecule has 1 rings (SSSR count). The zero-order valence-electron chi connectivity index (χ0n) is 4.87. The maximum Gasteiger partial charge on any atom is 0.233 e. The normalized spacial score (nSPS) is 20.7. The van der Waals surface area contributed by atoms with Crippen molar-refractivity contribution < 1.29 is 4.79 Å². The third-order valence-electron chi connectivity index (χ3n) is 1.00. The molecule has 0 saturated heterocycles. The highest BCUT2D eigenvalue weighted by atomic mass is 16.1. The van der Waals surface area contributed by atoms with E-state index >= 15 is 0 Å². The van der Waals surface area contributed by atoms with Gasteiger partial charge >= 0.3 is 0 Å². The average Bonchev–Trinajstić information content (AvgIpc) is 1.91. The molecule has 0 spiro atoms. The summed E-state index contributed by atoms with van der Waals surface area (Å²) in [6.45, 7) is 0. The standard InChI is InChI=1S/C7H6NO/c9-6-8-7-4-2-1-3-5-7/h1-3,6H,4H2. The molecule has 9 heavy (non-hydrogen) atoms. The summed E-state index contributed by atoms with van der Waals surface area (Å²) in [6.07, 6.45) is 9.63. The second-order valence-corrected chi connectivity index (χ2v) is 1.62. The first-order valence-electron chi connectivity index (χ1n) is 2.68. The van der Waals surface area contributed by atoms with Crippen LogP contribution >= 0.6 is 0 Å². The summed E-state index contributed by atoms with van der Waals surface area (Å²) in [5.74, 6) is 0. The van der Waals surface area contributed by atoms with Crippen LogP contribution < -0.4 is 0 Å². The van der Waals surface area contributed by atoms with Gasteiger partial charge in [0.25, 0.3) is 0 Å². The number of carbonyl (C=O) groups excluding carboxylic acids is 1. The average molecular weight is 120 g/mol. The lowest BCUT2D eigenvalue weighted by atomic mass is 10.2. The van der Waals surface area contributed by atoms with E-state index in [0.29, 0.717) is 12.1 Å².